The van der Waals surface area contributed by atoms with E-state index < -0.39 is 0 Å². The number of methoxy groups -OCH3 is 1. The lowest BCUT2D eigenvalue weighted by Gasteiger charge is -2.21. The first kappa shape index (κ1) is 14.8. The maximum absolute atomic E-state index is 5.41. The highest BCUT2D eigenvalue weighted by molar-refractivity contribution is 5.35. The van der Waals surface area contributed by atoms with Gasteiger partial charge in [0, 0.05) is 13.0 Å². The third kappa shape index (κ3) is 3.49. The largest absolute Gasteiger partial charge is 0.384 e. The summed E-state index contributed by atoms with van der Waals surface area (Å²) in [5, 5.41) is 0. The van der Waals surface area contributed by atoms with E-state index in [1.165, 1.54) is 16.7 Å². The van der Waals surface area contributed by atoms with Crippen molar-refractivity contribution in [3.05, 3.63) is 71.3 Å². The maximum atomic E-state index is 5.41. The van der Waals surface area contributed by atoms with Gasteiger partial charge in [0.1, 0.15) is 0 Å². The molecule has 0 aliphatic heterocycles. The van der Waals surface area contributed by atoms with Gasteiger partial charge in [0.25, 0.3) is 0 Å². The first-order valence-electron chi connectivity index (χ1n) is 7.16. The summed E-state index contributed by atoms with van der Waals surface area (Å²) in [5.74, 6) is 0.301. The molecule has 0 amide bonds. The molecule has 0 N–H and O–H groups in total. The molecule has 2 rings (SSSR count). The highest BCUT2D eigenvalue weighted by Gasteiger charge is 2.16. The Balaban J connectivity index is 2.31. The monoisotopic (exact) mass is 268 g/mol. The minimum Gasteiger partial charge on any atom is -0.384 e. The number of benzene rings is 2. The lowest BCUT2D eigenvalue weighted by atomic mass is 9.84. The second-order valence-corrected chi connectivity index (χ2v) is 6.29. The van der Waals surface area contributed by atoms with Crippen LogP contribution in [0.1, 0.15) is 43.4 Å². The first-order chi connectivity index (χ1) is 9.52. The molecule has 0 saturated carbocycles. The van der Waals surface area contributed by atoms with Gasteiger partial charge in [0.2, 0.25) is 0 Å². The van der Waals surface area contributed by atoms with Gasteiger partial charge in [0.15, 0.2) is 0 Å². The summed E-state index contributed by atoms with van der Waals surface area (Å²) in [6.07, 6.45) is 0. The molecule has 0 fully saturated rings. The normalized spacial score (nSPS) is 13.2. The second-order valence-electron chi connectivity index (χ2n) is 6.29. The van der Waals surface area contributed by atoms with Crippen LogP contribution in [0.3, 0.4) is 0 Å². The molecule has 2 aromatic carbocycles. The Bertz CT molecular complexity index is 520. The van der Waals surface area contributed by atoms with Crippen LogP contribution in [0.5, 0.6) is 0 Å². The number of rotatable bonds is 4. The quantitative estimate of drug-likeness (QED) is 0.776. The van der Waals surface area contributed by atoms with Gasteiger partial charge >= 0.3 is 0 Å². The van der Waals surface area contributed by atoms with E-state index in [0.717, 1.165) is 0 Å². The van der Waals surface area contributed by atoms with Crippen molar-refractivity contribution in [2.45, 2.75) is 32.1 Å². The summed E-state index contributed by atoms with van der Waals surface area (Å²) in [6, 6.07) is 19.5. The minimum absolute atomic E-state index is 0.196. The topological polar surface area (TPSA) is 9.23 Å². The molecule has 0 aliphatic rings. The molecule has 0 aliphatic carbocycles. The molecular formula is C19H24O. The number of ether oxygens (including phenoxy) is 1. The van der Waals surface area contributed by atoms with E-state index in [0.29, 0.717) is 12.5 Å². The van der Waals surface area contributed by atoms with Crippen molar-refractivity contribution >= 4 is 0 Å². The van der Waals surface area contributed by atoms with Crippen molar-refractivity contribution in [2.75, 3.05) is 13.7 Å². The Morgan fingerprint density at radius 1 is 0.850 bits per heavy atom. The number of hydrogen-bond donors (Lipinski definition) is 0. The van der Waals surface area contributed by atoms with E-state index in [2.05, 4.69) is 75.4 Å². The molecule has 0 spiro atoms. The van der Waals surface area contributed by atoms with Crippen LogP contribution in [-0.2, 0) is 10.2 Å². The third-order valence-electron chi connectivity index (χ3n) is 3.71. The fourth-order valence-electron chi connectivity index (χ4n) is 2.45. The van der Waals surface area contributed by atoms with E-state index in [9.17, 15) is 0 Å². The van der Waals surface area contributed by atoms with Crippen LogP contribution in [0, 0.1) is 0 Å². The molecule has 1 unspecified atom stereocenters. The Morgan fingerprint density at radius 2 is 1.40 bits per heavy atom. The molecular weight excluding hydrogens is 244 g/mol. The first-order valence-corrected chi connectivity index (χ1v) is 7.16. The van der Waals surface area contributed by atoms with Crippen LogP contribution in [0.2, 0.25) is 0 Å². The molecule has 2 aromatic rings. The van der Waals surface area contributed by atoms with Crippen LogP contribution >= 0.6 is 0 Å². The van der Waals surface area contributed by atoms with Gasteiger partial charge < -0.3 is 4.74 Å². The zero-order valence-corrected chi connectivity index (χ0v) is 12.9. The molecule has 0 bridgehead atoms. The lowest BCUT2D eigenvalue weighted by Crippen LogP contribution is -2.12. The maximum Gasteiger partial charge on any atom is 0.0571 e. The van der Waals surface area contributed by atoms with Crippen molar-refractivity contribution in [1.82, 2.24) is 0 Å². The zero-order chi connectivity index (χ0) is 14.6. The predicted octanol–water partition coefficient (Wildman–Crippen LogP) is 4.76. The average molecular weight is 268 g/mol. The van der Waals surface area contributed by atoms with E-state index >= 15 is 0 Å². The summed E-state index contributed by atoms with van der Waals surface area (Å²) < 4.78 is 5.41. The van der Waals surface area contributed by atoms with Gasteiger partial charge in [-0.2, -0.15) is 0 Å². The van der Waals surface area contributed by atoms with Gasteiger partial charge in [0.05, 0.1) is 6.61 Å². The summed E-state index contributed by atoms with van der Waals surface area (Å²) in [4.78, 5) is 0. The summed E-state index contributed by atoms with van der Waals surface area (Å²) in [6.45, 7) is 7.43. The van der Waals surface area contributed by atoms with Gasteiger partial charge in [-0.15, -0.1) is 0 Å². The molecule has 0 aromatic heterocycles. The van der Waals surface area contributed by atoms with Gasteiger partial charge in [-0.1, -0.05) is 75.4 Å². The van der Waals surface area contributed by atoms with Crippen LogP contribution < -0.4 is 0 Å². The van der Waals surface area contributed by atoms with Crippen LogP contribution in [0.4, 0.5) is 0 Å². The molecule has 1 heteroatoms. The van der Waals surface area contributed by atoms with E-state index in [4.69, 9.17) is 4.74 Å². The van der Waals surface area contributed by atoms with Crippen LogP contribution in [-0.4, -0.2) is 13.7 Å². The van der Waals surface area contributed by atoms with Crippen molar-refractivity contribution in [3.63, 3.8) is 0 Å². The van der Waals surface area contributed by atoms with Crippen LogP contribution in [0.15, 0.2) is 54.6 Å². The molecule has 106 valence electrons. The number of hydrogen-bond acceptors (Lipinski definition) is 1. The predicted molar refractivity (Wildman–Crippen MR) is 85.3 cm³/mol. The summed E-state index contributed by atoms with van der Waals surface area (Å²) >= 11 is 0. The SMILES string of the molecule is COCC(c1ccccc1)c1ccc(C(C)(C)C)cc1. The van der Waals surface area contributed by atoms with Crippen molar-refractivity contribution in [2.24, 2.45) is 0 Å². The smallest absolute Gasteiger partial charge is 0.0571 e. The molecule has 20 heavy (non-hydrogen) atoms. The van der Waals surface area contributed by atoms with E-state index in [-0.39, 0.29) is 5.41 Å². The Kier molecular flexibility index (Phi) is 4.61. The van der Waals surface area contributed by atoms with Crippen molar-refractivity contribution < 1.29 is 4.74 Å². The van der Waals surface area contributed by atoms with Gasteiger partial charge in [-0.3, -0.25) is 0 Å². The van der Waals surface area contributed by atoms with E-state index in [1.807, 2.05) is 0 Å². The Hall–Kier alpha value is -1.60. The third-order valence-corrected chi connectivity index (χ3v) is 3.71. The molecule has 0 radical (unpaired) electrons. The van der Waals surface area contributed by atoms with E-state index in [1.54, 1.807) is 7.11 Å². The fourth-order valence-corrected chi connectivity index (χ4v) is 2.45. The summed E-state index contributed by atoms with van der Waals surface area (Å²) in [5.41, 5.74) is 4.18. The summed E-state index contributed by atoms with van der Waals surface area (Å²) in [7, 11) is 1.76. The highest BCUT2D eigenvalue weighted by Crippen LogP contribution is 2.28. The highest BCUT2D eigenvalue weighted by atomic mass is 16.5. The zero-order valence-electron chi connectivity index (χ0n) is 12.9. The Morgan fingerprint density at radius 3 is 1.90 bits per heavy atom. The van der Waals surface area contributed by atoms with Gasteiger partial charge in [-0.05, 0) is 22.1 Å². The fraction of sp³-hybridized carbons (Fsp3) is 0.368. The molecule has 1 atom stereocenters. The standard InChI is InChI=1S/C19H24O/c1-19(2,3)17-12-10-16(11-13-17)18(14-20-4)15-8-6-5-7-9-15/h5-13,18H,14H2,1-4H3. The minimum atomic E-state index is 0.196. The molecule has 1 nitrogen and oxygen atoms in total. The average Bonchev–Trinajstić information content (AvgIpc) is 2.45. The lowest BCUT2D eigenvalue weighted by molar-refractivity contribution is 0.189. The molecule has 0 saturated heterocycles. The van der Waals surface area contributed by atoms with Crippen molar-refractivity contribution in [1.29, 1.82) is 0 Å². The molecule has 0 heterocycles. The van der Waals surface area contributed by atoms with Crippen molar-refractivity contribution in [3.8, 4) is 0 Å². The van der Waals surface area contributed by atoms with Crippen LogP contribution in [0.25, 0.3) is 0 Å². The second kappa shape index (κ2) is 6.23. The van der Waals surface area contributed by atoms with Gasteiger partial charge in [-0.25, -0.2) is 0 Å². The Labute approximate surface area is 122 Å².